The van der Waals surface area contributed by atoms with Crippen LogP contribution in [0.5, 0.6) is 0 Å². The minimum Gasteiger partial charge on any atom is -0.352 e. The lowest BCUT2D eigenvalue weighted by Gasteiger charge is -2.33. The van der Waals surface area contributed by atoms with Crippen LogP contribution in [0.15, 0.2) is 72.8 Å². The van der Waals surface area contributed by atoms with Gasteiger partial charge in [-0.25, -0.2) is 0 Å². The maximum absolute atomic E-state index is 13.8. The first-order valence-electron chi connectivity index (χ1n) is 13.3. The first-order valence-corrected chi connectivity index (χ1v) is 15.6. The predicted octanol–water partition coefficient (Wildman–Crippen LogP) is 7.97. The Balaban J connectivity index is 1.57. The molecular formula is C31H33Cl3N2O2S. The Hall–Kier alpha value is -2.18. The zero-order chi connectivity index (χ0) is 27.6. The summed E-state index contributed by atoms with van der Waals surface area (Å²) >= 11 is 20.4. The van der Waals surface area contributed by atoms with E-state index in [-0.39, 0.29) is 30.2 Å². The second-order valence-corrected chi connectivity index (χ2v) is 12.1. The van der Waals surface area contributed by atoms with Gasteiger partial charge in [-0.1, -0.05) is 109 Å². The molecule has 39 heavy (non-hydrogen) atoms. The summed E-state index contributed by atoms with van der Waals surface area (Å²) in [5.41, 5.74) is 2.72. The summed E-state index contributed by atoms with van der Waals surface area (Å²) in [6.45, 7) is 0.246. The molecule has 4 rings (SSSR count). The van der Waals surface area contributed by atoms with Crippen LogP contribution in [0, 0.1) is 0 Å². The molecule has 0 heterocycles. The van der Waals surface area contributed by atoms with Gasteiger partial charge in [0.05, 0.1) is 5.75 Å². The van der Waals surface area contributed by atoms with E-state index in [0.717, 1.165) is 42.4 Å². The highest BCUT2D eigenvalue weighted by atomic mass is 35.5. The van der Waals surface area contributed by atoms with E-state index in [1.165, 1.54) is 18.2 Å². The number of thioether (sulfide) groups is 1. The van der Waals surface area contributed by atoms with Crippen LogP contribution in [0.1, 0.15) is 48.8 Å². The number of carbonyl (C=O) groups is 2. The number of nitrogens with one attached hydrogen (secondary N) is 1. The van der Waals surface area contributed by atoms with Crippen molar-refractivity contribution in [3.05, 3.63) is 105 Å². The molecule has 206 valence electrons. The summed E-state index contributed by atoms with van der Waals surface area (Å²) in [5.74, 6) is 0.520. The van der Waals surface area contributed by atoms with Crippen molar-refractivity contribution >= 4 is 58.4 Å². The van der Waals surface area contributed by atoms with E-state index < -0.39 is 6.04 Å². The van der Waals surface area contributed by atoms with Crippen molar-refractivity contribution in [3.8, 4) is 0 Å². The molecule has 1 saturated carbocycles. The van der Waals surface area contributed by atoms with Gasteiger partial charge in [-0.3, -0.25) is 9.59 Å². The van der Waals surface area contributed by atoms with Crippen molar-refractivity contribution in [2.45, 2.75) is 62.9 Å². The highest BCUT2D eigenvalue weighted by Gasteiger charge is 2.32. The van der Waals surface area contributed by atoms with Gasteiger partial charge in [-0.15, -0.1) is 11.8 Å². The highest BCUT2D eigenvalue weighted by molar-refractivity contribution is 7.99. The van der Waals surface area contributed by atoms with Crippen LogP contribution in [-0.2, 0) is 28.3 Å². The van der Waals surface area contributed by atoms with Crippen LogP contribution in [0.3, 0.4) is 0 Å². The third kappa shape index (κ3) is 8.91. The summed E-state index contributed by atoms with van der Waals surface area (Å²) in [7, 11) is 0. The number of benzene rings is 3. The smallest absolute Gasteiger partial charge is 0.243 e. The Morgan fingerprint density at radius 3 is 2.31 bits per heavy atom. The molecule has 1 aliphatic rings. The monoisotopic (exact) mass is 602 g/mol. The van der Waals surface area contributed by atoms with Gasteiger partial charge < -0.3 is 10.2 Å². The lowest BCUT2D eigenvalue weighted by atomic mass is 9.94. The molecule has 4 nitrogen and oxygen atoms in total. The number of nitrogens with zero attached hydrogens (tertiary/aromatic N) is 1. The van der Waals surface area contributed by atoms with Crippen molar-refractivity contribution < 1.29 is 9.59 Å². The third-order valence-electron chi connectivity index (χ3n) is 7.02. The summed E-state index contributed by atoms with van der Waals surface area (Å²) in [6.07, 6.45) is 5.79. The van der Waals surface area contributed by atoms with Crippen LogP contribution in [-0.4, -0.2) is 34.6 Å². The molecule has 0 aliphatic heterocycles. The van der Waals surface area contributed by atoms with E-state index in [9.17, 15) is 9.59 Å². The van der Waals surface area contributed by atoms with E-state index in [1.54, 1.807) is 17.0 Å². The van der Waals surface area contributed by atoms with E-state index in [2.05, 4.69) is 5.32 Å². The Kier molecular flexibility index (Phi) is 11.5. The standard InChI is InChI=1S/C31H33Cl3N2O2S/c32-25-16-15-24(28(34)18-25)20-39-21-30(37)36(19-23-11-7-8-14-27(23)33)29(17-22-9-3-1-4-10-22)31(38)35-26-12-5-2-6-13-26/h1,3-4,7-11,14-16,18,26,29H,2,5-6,12-13,17,19-21H2,(H,35,38)/t29-/m1/s1. The van der Waals surface area contributed by atoms with Crippen LogP contribution in [0.2, 0.25) is 15.1 Å². The van der Waals surface area contributed by atoms with E-state index in [0.29, 0.717) is 27.2 Å². The van der Waals surface area contributed by atoms with Gasteiger partial charge >= 0.3 is 0 Å². The summed E-state index contributed by atoms with van der Waals surface area (Å²) < 4.78 is 0. The Bertz CT molecular complexity index is 1250. The Labute approximate surface area is 250 Å². The number of hydrogen-bond donors (Lipinski definition) is 1. The molecule has 0 unspecified atom stereocenters. The molecule has 0 radical (unpaired) electrons. The fourth-order valence-electron chi connectivity index (χ4n) is 4.88. The van der Waals surface area contributed by atoms with Crippen molar-refractivity contribution in [1.82, 2.24) is 10.2 Å². The van der Waals surface area contributed by atoms with Gasteiger partial charge in [0.15, 0.2) is 0 Å². The summed E-state index contributed by atoms with van der Waals surface area (Å²) in [6, 6.07) is 22.2. The summed E-state index contributed by atoms with van der Waals surface area (Å²) in [5, 5.41) is 4.98. The first-order chi connectivity index (χ1) is 18.9. The van der Waals surface area contributed by atoms with Gasteiger partial charge in [-0.05, 0) is 47.7 Å². The number of carbonyl (C=O) groups excluding carboxylic acids is 2. The van der Waals surface area contributed by atoms with Gasteiger partial charge in [0.1, 0.15) is 6.04 Å². The lowest BCUT2D eigenvalue weighted by molar-refractivity contribution is -0.139. The largest absolute Gasteiger partial charge is 0.352 e. The molecule has 1 fully saturated rings. The number of halogens is 3. The molecule has 3 aromatic rings. The molecule has 0 aromatic heterocycles. The maximum atomic E-state index is 13.8. The van der Waals surface area contributed by atoms with Gasteiger partial charge in [-0.2, -0.15) is 0 Å². The predicted molar refractivity (Wildman–Crippen MR) is 164 cm³/mol. The molecule has 0 spiro atoms. The molecule has 3 aromatic carbocycles. The number of hydrogen-bond acceptors (Lipinski definition) is 3. The minimum atomic E-state index is -0.669. The fraction of sp³-hybridized carbons (Fsp3) is 0.355. The van der Waals surface area contributed by atoms with Crippen LogP contribution in [0.25, 0.3) is 0 Å². The molecule has 8 heteroatoms. The Morgan fingerprint density at radius 1 is 0.872 bits per heavy atom. The van der Waals surface area contributed by atoms with Crippen LogP contribution < -0.4 is 5.32 Å². The topological polar surface area (TPSA) is 49.4 Å². The molecule has 1 atom stereocenters. The number of rotatable bonds is 11. The quantitative estimate of drug-likeness (QED) is 0.242. The normalized spacial score (nSPS) is 14.5. The van der Waals surface area contributed by atoms with Crippen LogP contribution >= 0.6 is 46.6 Å². The molecule has 1 N–H and O–H groups in total. The fourth-order valence-corrected chi connectivity index (χ4v) is 6.54. The molecule has 0 bridgehead atoms. The van der Waals surface area contributed by atoms with E-state index in [1.807, 2.05) is 60.7 Å². The van der Waals surface area contributed by atoms with Crippen molar-refractivity contribution in [3.63, 3.8) is 0 Å². The zero-order valence-corrected chi connectivity index (χ0v) is 24.8. The van der Waals surface area contributed by atoms with E-state index in [4.69, 9.17) is 34.8 Å². The van der Waals surface area contributed by atoms with Gasteiger partial charge in [0.2, 0.25) is 11.8 Å². The zero-order valence-electron chi connectivity index (χ0n) is 21.8. The number of amides is 2. The SMILES string of the molecule is O=C(NC1CCCCC1)[C@@H](Cc1ccccc1)N(Cc1ccccc1Cl)C(=O)CSCc1ccc(Cl)cc1Cl. The second kappa shape index (κ2) is 15.0. The van der Waals surface area contributed by atoms with E-state index >= 15 is 0 Å². The minimum absolute atomic E-state index is 0.114. The lowest BCUT2D eigenvalue weighted by Crippen LogP contribution is -2.53. The molecule has 0 saturated heterocycles. The highest BCUT2D eigenvalue weighted by Crippen LogP contribution is 2.26. The summed E-state index contributed by atoms with van der Waals surface area (Å²) in [4.78, 5) is 29.4. The molecular weight excluding hydrogens is 571 g/mol. The van der Waals surface area contributed by atoms with Crippen molar-refractivity contribution in [2.75, 3.05) is 5.75 Å². The van der Waals surface area contributed by atoms with Crippen molar-refractivity contribution in [1.29, 1.82) is 0 Å². The third-order valence-corrected chi connectivity index (χ3v) is 8.94. The maximum Gasteiger partial charge on any atom is 0.243 e. The van der Waals surface area contributed by atoms with Crippen molar-refractivity contribution in [2.24, 2.45) is 0 Å². The average Bonchev–Trinajstić information content (AvgIpc) is 2.94. The average molecular weight is 604 g/mol. The Morgan fingerprint density at radius 2 is 1.59 bits per heavy atom. The van der Waals surface area contributed by atoms with Gasteiger partial charge in [0.25, 0.3) is 0 Å². The second-order valence-electron chi connectivity index (χ2n) is 9.89. The van der Waals surface area contributed by atoms with Gasteiger partial charge in [0, 0.05) is 39.8 Å². The first kappa shape index (κ1) is 29.8. The van der Waals surface area contributed by atoms with Crippen LogP contribution in [0.4, 0.5) is 0 Å². The molecule has 1 aliphatic carbocycles. The molecule has 2 amide bonds.